The Kier molecular flexibility index (Phi) is 3.38. The molecular weight excluding hydrogens is 262 g/mol. The Morgan fingerprint density at radius 3 is 2.84 bits per heavy atom. The van der Waals surface area contributed by atoms with Crippen LogP contribution in [0.3, 0.4) is 0 Å². The van der Waals surface area contributed by atoms with Gasteiger partial charge in [-0.2, -0.15) is 0 Å². The zero-order valence-electron chi connectivity index (χ0n) is 10.3. The second kappa shape index (κ2) is 5.17. The van der Waals surface area contributed by atoms with Gasteiger partial charge >= 0.3 is 0 Å². The van der Waals surface area contributed by atoms with Crippen LogP contribution in [0.25, 0.3) is 0 Å². The summed E-state index contributed by atoms with van der Waals surface area (Å²) in [4.78, 5) is 4.09. The topological polar surface area (TPSA) is 60.2 Å². The molecule has 1 aliphatic rings. The van der Waals surface area contributed by atoms with Gasteiger partial charge in [0.2, 0.25) is 0 Å². The van der Waals surface area contributed by atoms with Crippen LogP contribution in [-0.2, 0) is 6.42 Å². The molecule has 0 fully saturated rings. The highest BCUT2D eigenvalue weighted by molar-refractivity contribution is 6.29. The summed E-state index contributed by atoms with van der Waals surface area (Å²) < 4.78 is 5.51. The average Bonchev–Trinajstić information content (AvgIpc) is 2.89. The van der Waals surface area contributed by atoms with Crippen LogP contribution in [0.15, 0.2) is 36.5 Å². The summed E-state index contributed by atoms with van der Waals surface area (Å²) in [5, 5.41) is 0.474. The molecule has 19 heavy (non-hydrogen) atoms. The molecule has 0 amide bonds. The Hall–Kier alpha value is -1.62. The summed E-state index contributed by atoms with van der Waals surface area (Å²) >= 11 is 5.80. The number of nitrogens with zero attached hydrogens (tertiary/aromatic N) is 1. The van der Waals surface area contributed by atoms with E-state index < -0.39 is 0 Å². The summed E-state index contributed by atoms with van der Waals surface area (Å²) in [5.74, 6) is 6.64. The lowest BCUT2D eigenvalue weighted by Crippen LogP contribution is -2.29. The smallest absolute Gasteiger partial charge is 0.129 e. The van der Waals surface area contributed by atoms with E-state index in [1.165, 1.54) is 5.56 Å². The van der Waals surface area contributed by atoms with Gasteiger partial charge in [-0.05, 0) is 28.8 Å². The number of fused-ring (bicyclic) bond motifs is 1. The molecule has 0 aliphatic carbocycles. The molecule has 2 heterocycles. The fourth-order valence-electron chi connectivity index (χ4n) is 2.33. The molecule has 4 nitrogen and oxygen atoms in total. The molecular formula is C14H14ClN3O. The van der Waals surface area contributed by atoms with E-state index in [-0.39, 0.29) is 6.04 Å². The molecule has 0 saturated heterocycles. The van der Waals surface area contributed by atoms with Crippen molar-refractivity contribution in [1.29, 1.82) is 0 Å². The molecule has 1 aliphatic heterocycles. The number of nitrogens with one attached hydrogen (secondary N) is 1. The summed E-state index contributed by atoms with van der Waals surface area (Å²) in [7, 11) is 0. The third-order valence-electron chi connectivity index (χ3n) is 3.30. The lowest BCUT2D eigenvalue weighted by atomic mass is 9.98. The van der Waals surface area contributed by atoms with E-state index in [1.54, 1.807) is 12.3 Å². The predicted molar refractivity (Wildman–Crippen MR) is 74.1 cm³/mol. The number of hydrogen-bond acceptors (Lipinski definition) is 4. The van der Waals surface area contributed by atoms with Crippen LogP contribution in [-0.4, -0.2) is 11.6 Å². The quantitative estimate of drug-likeness (QED) is 0.512. The van der Waals surface area contributed by atoms with E-state index in [4.69, 9.17) is 22.2 Å². The normalized spacial score (nSPS) is 14.8. The zero-order valence-corrected chi connectivity index (χ0v) is 11.0. The van der Waals surface area contributed by atoms with Crippen molar-refractivity contribution in [1.82, 2.24) is 10.4 Å². The van der Waals surface area contributed by atoms with Gasteiger partial charge in [0.1, 0.15) is 10.9 Å². The van der Waals surface area contributed by atoms with Crippen LogP contribution < -0.4 is 16.0 Å². The van der Waals surface area contributed by atoms with Crippen molar-refractivity contribution in [3.8, 4) is 5.75 Å². The van der Waals surface area contributed by atoms with Crippen molar-refractivity contribution in [3.05, 3.63) is 58.4 Å². The minimum absolute atomic E-state index is 0.101. The largest absolute Gasteiger partial charge is 0.493 e. The molecule has 3 rings (SSSR count). The minimum Gasteiger partial charge on any atom is -0.493 e. The van der Waals surface area contributed by atoms with Crippen LogP contribution in [0.2, 0.25) is 5.15 Å². The summed E-state index contributed by atoms with van der Waals surface area (Å²) in [6.07, 6.45) is 2.68. The molecule has 1 aromatic heterocycles. The van der Waals surface area contributed by atoms with Gasteiger partial charge in [0.15, 0.2) is 0 Å². The Balaban J connectivity index is 1.96. The van der Waals surface area contributed by atoms with Crippen LogP contribution in [0, 0.1) is 0 Å². The summed E-state index contributed by atoms with van der Waals surface area (Å²) in [5.41, 5.74) is 6.11. The van der Waals surface area contributed by atoms with E-state index in [1.807, 2.05) is 18.2 Å². The van der Waals surface area contributed by atoms with Crippen molar-refractivity contribution < 1.29 is 4.74 Å². The van der Waals surface area contributed by atoms with Crippen LogP contribution in [0.5, 0.6) is 5.75 Å². The number of hydrazine groups is 1. The fourth-order valence-corrected chi connectivity index (χ4v) is 2.44. The predicted octanol–water partition coefficient (Wildman–Crippen LogP) is 2.22. The molecule has 1 aromatic carbocycles. The SMILES string of the molecule is NNC(c1ccc(Cl)nc1)c1ccc2c(c1)CCO2. The van der Waals surface area contributed by atoms with Crippen molar-refractivity contribution in [2.45, 2.75) is 12.5 Å². The number of halogens is 1. The standard InChI is InChI=1S/C14H14ClN3O/c15-13-4-2-11(8-17-13)14(18-16)10-1-3-12-9(7-10)5-6-19-12/h1-4,7-8,14,18H,5-6,16H2. The Morgan fingerprint density at radius 2 is 2.11 bits per heavy atom. The Morgan fingerprint density at radius 1 is 1.26 bits per heavy atom. The van der Waals surface area contributed by atoms with E-state index in [9.17, 15) is 0 Å². The Bertz CT molecular complexity index is 586. The van der Waals surface area contributed by atoms with Crippen molar-refractivity contribution in [2.75, 3.05) is 6.61 Å². The number of hydrogen-bond donors (Lipinski definition) is 2. The van der Waals surface area contributed by atoms with Crippen LogP contribution in [0.1, 0.15) is 22.7 Å². The molecule has 0 radical (unpaired) electrons. The third-order valence-corrected chi connectivity index (χ3v) is 3.52. The van der Waals surface area contributed by atoms with Gasteiger partial charge in [-0.1, -0.05) is 29.8 Å². The van der Waals surface area contributed by atoms with Gasteiger partial charge in [-0.15, -0.1) is 0 Å². The van der Waals surface area contributed by atoms with Gasteiger partial charge < -0.3 is 4.74 Å². The van der Waals surface area contributed by atoms with Gasteiger partial charge in [0.05, 0.1) is 12.6 Å². The molecule has 0 spiro atoms. The molecule has 98 valence electrons. The van der Waals surface area contributed by atoms with Crippen molar-refractivity contribution in [2.24, 2.45) is 5.84 Å². The first kappa shape index (κ1) is 12.4. The highest BCUT2D eigenvalue weighted by atomic mass is 35.5. The first-order chi connectivity index (χ1) is 9.28. The number of pyridine rings is 1. The van der Waals surface area contributed by atoms with E-state index >= 15 is 0 Å². The van der Waals surface area contributed by atoms with Crippen LogP contribution in [0.4, 0.5) is 0 Å². The lowest BCUT2D eigenvalue weighted by molar-refractivity contribution is 0.357. The number of aromatic nitrogens is 1. The molecule has 5 heteroatoms. The maximum Gasteiger partial charge on any atom is 0.129 e. The average molecular weight is 276 g/mol. The maximum absolute atomic E-state index is 5.80. The number of nitrogens with two attached hydrogens (primary N) is 1. The molecule has 3 N–H and O–H groups in total. The first-order valence-corrected chi connectivity index (χ1v) is 6.49. The monoisotopic (exact) mass is 275 g/mol. The van der Waals surface area contributed by atoms with E-state index in [0.717, 1.165) is 29.9 Å². The Labute approximate surface area is 116 Å². The number of ether oxygens (including phenoxy) is 1. The first-order valence-electron chi connectivity index (χ1n) is 6.11. The minimum atomic E-state index is -0.101. The highest BCUT2D eigenvalue weighted by Gasteiger charge is 2.17. The molecule has 1 atom stereocenters. The van der Waals surface area contributed by atoms with Crippen LogP contribution >= 0.6 is 11.6 Å². The van der Waals surface area contributed by atoms with Gasteiger partial charge in [0, 0.05) is 12.6 Å². The molecule has 0 saturated carbocycles. The van der Waals surface area contributed by atoms with E-state index in [2.05, 4.69) is 16.5 Å². The number of rotatable bonds is 3. The van der Waals surface area contributed by atoms with Crippen molar-refractivity contribution in [3.63, 3.8) is 0 Å². The van der Waals surface area contributed by atoms with Gasteiger partial charge in [0.25, 0.3) is 0 Å². The summed E-state index contributed by atoms with van der Waals surface area (Å²) in [6.45, 7) is 0.752. The number of benzene rings is 1. The fraction of sp³-hybridized carbons (Fsp3) is 0.214. The molecule has 1 unspecified atom stereocenters. The van der Waals surface area contributed by atoms with Gasteiger partial charge in [-0.25, -0.2) is 10.4 Å². The summed E-state index contributed by atoms with van der Waals surface area (Å²) in [6, 6.07) is 9.72. The maximum atomic E-state index is 5.80. The second-order valence-corrected chi connectivity index (χ2v) is 4.87. The second-order valence-electron chi connectivity index (χ2n) is 4.48. The lowest BCUT2D eigenvalue weighted by Gasteiger charge is -2.17. The molecule has 2 aromatic rings. The van der Waals surface area contributed by atoms with Crippen molar-refractivity contribution >= 4 is 11.6 Å². The third kappa shape index (κ3) is 2.42. The van der Waals surface area contributed by atoms with E-state index in [0.29, 0.717) is 5.15 Å². The highest BCUT2D eigenvalue weighted by Crippen LogP contribution is 2.30. The van der Waals surface area contributed by atoms with Gasteiger partial charge in [-0.3, -0.25) is 5.84 Å². The zero-order chi connectivity index (χ0) is 13.2. The molecule has 0 bridgehead atoms.